The molecule has 0 unspecified atom stereocenters. The van der Waals surface area contributed by atoms with Gasteiger partial charge in [-0.1, -0.05) is 48.0 Å². The largest absolute Gasteiger partial charge is 0.321 e. The quantitative estimate of drug-likeness (QED) is 0.424. The molecule has 0 atom stereocenters. The molecular weight excluding hydrogens is 383 g/mol. The molecule has 5 heteroatoms. The molecule has 0 saturated heterocycles. The molecule has 1 amide bonds. The number of thiazole rings is 1. The molecule has 1 N–H and O–H groups in total. The van der Waals surface area contributed by atoms with Gasteiger partial charge in [-0.05, 0) is 43.7 Å². The maximum atomic E-state index is 14.1. The number of aromatic nitrogens is 1. The van der Waals surface area contributed by atoms with E-state index in [2.05, 4.69) is 10.3 Å². The van der Waals surface area contributed by atoms with Crippen LogP contribution in [-0.4, -0.2) is 10.9 Å². The lowest BCUT2D eigenvalue weighted by atomic mass is 10.0. The molecule has 1 aromatic heterocycles. The van der Waals surface area contributed by atoms with Crippen molar-refractivity contribution >= 4 is 22.9 Å². The van der Waals surface area contributed by atoms with Crippen LogP contribution in [0.2, 0.25) is 0 Å². The molecule has 3 nitrogen and oxygen atoms in total. The Labute approximate surface area is 172 Å². The zero-order chi connectivity index (χ0) is 20.4. The van der Waals surface area contributed by atoms with Gasteiger partial charge in [-0.3, -0.25) is 4.79 Å². The van der Waals surface area contributed by atoms with Crippen LogP contribution in [0.4, 0.5) is 10.1 Å². The van der Waals surface area contributed by atoms with Crippen LogP contribution in [0.25, 0.3) is 21.8 Å². The second-order valence-corrected chi connectivity index (χ2v) is 7.69. The Morgan fingerprint density at radius 2 is 1.69 bits per heavy atom. The van der Waals surface area contributed by atoms with Crippen molar-refractivity contribution in [3.8, 4) is 21.8 Å². The summed E-state index contributed by atoms with van der Waals surface area (Å²) in [6, 6.07) is 19.8. The molecule has 0 fully saturated rings. The number of rotatable bonds is 4. The van der Waals surface area contributed by atoms with E-state index >= 15 is 0 Å². The summed E-state index contributed by atoms with van der Waals surface area (Å²) in [5.74, 6) is -0.468. The fourth-order valence-corrected chi connectivity index (χ4v) is 4.08. The third kappa shape index (κ3) is 3.96. The zero-order valence-corrected chi connectivity index (χ0v) is 16.9. The van der Waals surface area contributed by atoms with Crippen LogP contribution >= 0.6 is 11.3 Å². The van der Waals surface area contributed by atoms with E-state index in [1.165, 1.54) is 17.4 Å². The highest BCUT2D eigenvalue weighted by molar-refractivity contribution is 7.13. The smallest absolute Gasteiger partial charge is 0.255 e. The van der Waals surface area contributed by atoms with Gasteiger partial charge in [0.15, 0.2) is 0 Å². The minimum atomic E-state index is -0.301. The molecule has 144 valence electrons. The van der Waals surface area contributed by atoms with Gasteiger partial charge >= 0.3 is 0 Å². The van der Waals surface area contributed by atoms with E-state index in [9.17, 15) is 9.18 Å². The van der Waals surface area contributed by atoms with Gasteiger partial charge in [-0.15, -0.1) is 11.3 Å². The van der Waals surface area contributed by atoms with E-state index in [-0.39, 0.29) is 11.7 Å². The van der Waals surface area contributed by atoms with E-state index in [0.717, 1.165) is 16.7 Å². The van der Waals surface area contributed by atoms with Crippen LogP contribution in [0.3, 0.4) is 0 Å². The highest BCUT2D eigenvalue weighted by atomic mass is 32.1. The predicted molar refractivity (Wildman–Crippen MR) is 117 cm³/mol. The number of halogens is 1. The van der Waals surface area contributed by atoms with Gasteiger partial charge in [0.25, 0.3) is 5.91 Å². The SMILES string of the molecule is Cc1ccc(C(=O)Nc2ccccc2-c2csc(-c3ccccc3F)n2)c(C)c1. The molecule has 3 aromatic carbocycles. The first-order chi connectivity index (χ1) is 14.0. The third-order valence-corrected chi connectivity index (χ3v) is 5.56. The number of para-hydroxylation sites is 1. The molecule has 4 rings (SSSR count). The first kappa shape index (κ1) is 19.0. The molecule has 1 heterocycles. The molecular formula is C24H19FN2OS. The first-order valence-electron chi connectivity index (χ1n) is 9.21. The number of benzene rings is 3. The average Bonchev–Trinajstić information content (AvgIpc) is 3.18. The summed E-state index contributed by atoms with van der Waals surface area (Å²) in [5, 5.41) is 5.48. The summed E-state index contributed by atoms with van der Waals surface area (Å²) in [6.07, 6.45) is 0. The molecule has 0 aliphatic heterocycles. The van der Waals surface area contributed by atoms with Gasteiger partial charge in [0.2, 0.25) is 0 Å². The number of hydrogen-bond acceptors (Lipinski definition) is 3. The molecule has 0 spiro atoms. The topological polar surface area (TPSA) is 42.0 Å². The van der Waals surface area contributed by atoms with Gasteiger partial charge in [-0.2, -0.15) is 0 Å². The average molecular weight is 402 g/mol. The van der Waals surface area contributed by atoms with Crippen molar-refractivity contribution in [1.29, 1.82) is 0 Å². The normalized spacial score (nSPS) is 10.7. The molecule has 0 radical (unpaired) electrons. The number of nitrogens with one attached hydrogen (secondary N) is 1. The number of amides is 1. The van der Waals surface area contributed by atoms with Crippen LogP contribution in [0.15, 0.2) is 72.1 Å². The number of carbonyl (C=O) groups excluding carboxylic acids is 1. The van der Waals surface area contributed by atoms with Crippen LogP contribution in [-0.2, 0) is 0 Å². The van der Waals surface area contributed by atoms with E-state index < -0.39 is 0 Å². The number of hydrogen-bond donors (Lipinski definition) is 1. The number of anilines is 1. The monoisotopic (exact) mass is 402 g/mol. The summed E-state index contributed by atoms with van der Waals surface area (Å²) in [6.45, 7) is 3.92. The summed E-state index contributed by atoms with van der Waals surface area (Å²) in [7, 11) is 0. The van der Waals surface area contributed by atoms with Gasteiger partial charge in [0.1, 0.15) is 10.8 Å². The molecule has 0 bridgehead atoms. The Morgan fingerprint density at radius 3 is 2.45 bits per heavy atom. The molecule has 4 aromatic rings. The van der Waals surface area contributed by atoms with Gasteiger partial charge < -0.3 is 5.32 Å². The Hall–Kier alpha value is -3.31. The van der Waals surface area contributed by atoms with Crippen LogP contribution < -0.4 is 5.32 Å². The highest BCUT2D eigenvalue weighted by Crippen LogP contribution is 2.33. The lowest BCUT2D eigenvalue weighted by molar-refractivity contribution is 0.102. The van der Waals surface area contributed by atoms with Crippen molar-refractivity contribution in [1.82, 2.24) is 4.98 Å². The Morgan fingerprint density at radius 1 is 0.966 bits per heavy atom. The van der Waals surface area contributed by atoms with Gasteiger partial charge in [0.05, 0.1) is 11.4 Å². The minimum absolute atomic E-state index is 0.167. The number of nitrogens with zero attached hydrogens (tertiary/aromatic N) is 1. The highest BCUT2D eigenvalue weighted by Gasteiger charge is 2.15. The Kier molecular flexibility index (Phi) is 5.23. The molecule has 0 aliphatic rings. The van der Waals surface area contributed by atoms with Crippen LogP contribution in [0.1, 0.15) is 21.5 Å². The van der Waals surface area contributed by atoms with Crippen molar-refractivity contribution in [3.05, 3.63) is 94.6 Å². The van der Waals surface area contributed by atoms with E-state index in [1.54, 1.807) is 18.2 Å². The summed E-state index contributed by atoms with van der Waals surface area (Å²) >= 11 is 1.38. The minimum Gasteiger partial charge on any atom is -0.321 e. The maximum absolute atomic E-state index is 14.1. The van der Waals surface area contributed by atoms with Crippen molar-refractivity contribution in [2.75, 3.05) is 5.32 Å². The van der Waals surface area contributed by atoms with E-state index in [0.29, 0.717) is 27.5 Å². The first-order valence-corrected chi connectivity index (χ1v) is 10.1. The summed E-state index contributed by atoms with van der Waals surface area (Å²) in [5.41, 5.74) is 5.31. The van der Waals surface area contributed by atoms with Gasteiger partial charge in [0, 0.05) is 22.1 Å². The predicted octanol–water partition coefficient (Wildman–Crippen LogP) is 6.49. The van der Waals surface area contributed by atoms with Crippen LogP contribution in [0.5, 0.6) is 0 Å². The fourth-order valence-electron chi connectivity index (χ4n) is 3.23. The summed E-state index contributed by atoms with van der Waals surface area (Å²) < 4.78 is 14.1. The van der Waals surface area contributed by atoms with Crippen molar-refractivity contribution < 1.29 is 9.18 Å². The lowest BCUT2D eigenvalue weighted by Crippen LogP contribution is -2.14. The fraction of sp³-hybridized carbons (Fsp3) is 0.0833. The third-order valence-electron chi connectivity index (χ3n) is 4.69. The van der Waals surface area contributed by atoms with E-state index in [4.69, 9.17) is 0 Å². The second kappa shape index (κ2) is 7.97. The second-order valence-electron chi connectivity index (χ2n) is 6.84. The number of carbonyl (C=O) groups is 1. The van der Waals surface area contributed by atoms with Gasteiger partial charge in [-0.25, -0.2) is 9.37 Å². The molecule has 0 saturated carbocycles. The molecule has 29 heavy (non-hydrogen) atoms. The zero-order valence-electron chi connectivity index (χ0n) is 16.1. The van der Waals surface area contributed by atoms with Crippen molar-refractivity contribution in [3.63, 3.8) is 0 Å². The van der Waals surface area contributed by atoms with Crippen molar-refractivity contribution in [2.24, 2.45) is 0 Å². The Balaban J connectivity index is 1.66. The standard InChI is InChI=1S/C24H19FN2OS/c1-15-11-12-17(16(2)13-15)23(28)26-21-10-6-4-8-19(21)22-14-29-24(27-22)18-7-3-5-9-20(18)25/h3-14H,1-2H3,(H,26,28). The maximum Gasteiger partial charge on any atom is 0.255 e. The summed E-state index contributed by atoms with van der Waals surface area (Å²) in [4.78, 5) is 17.4. The van der Waals surface area contributed by atoms with Crippen molar-refractivity contribution in [2.45, 2.75) is 13.8 Å². The van der Waals surface area contributed by atoms with Crippen LogP contribution in [0, 0.1) is 19.7 Å². The van der Waals surface area contributed by atoms with E-state index in [1.807, 2.05) is 61.7 Å². The molecule has 0 aliphatic carbocycles. The Bertz CT molecular complexity index is 1200. The lowest BCUT2D eigenvalue weighted by Gasteiger charge is -2.11. The number of aryl methyl sites for hydroxylation is 2.